The van der Waals surface area contributed by atoms with E-state index < -0.39 is 53.8 Å². The highest BCUT2D eigenvalue weighted by molar-refractivity contribution is 6.30. The number of Topliss-reactive ketones (excluding diaryl/α,β-unsaturated/α-hetero) is 1. The molecule has 38 heavy (non-hydrogen) atoms. The summed E-state index contributed by atoms with van der Waals surface area (Å²) in [6.45, 7) is 2.89. The molecule has 196 valence electrons. The van der Waals surface area contributed by atoms with Crippen molar-refractivity contribution in [1.82, 2.24) is 10.2 Å². The number of hydrogen-bond acceptors (Lipinski definition) is 6. The van der Waals surface area contributed by atoms with Gasteiger partial charge >= 0.3 is 5.97 Å². The third-order valence-corrected chi connectivity index (χ3v) is 6.99. The summed E-state index contributed by atoms with van der Waals surface area (Å²) in [5.41, 5.74) is 1.64. The van der Waals surface area contributed by atoms with Crippen LogP contribution in [0, 0.1) is 0 Å². The van der Waals surface area contributed by atoms with Gasteiger partial charge in [0.15, 0.2) is 11.8 Å². The second kappa shape index (κ2) is 12.2. The molecule has 1 saturated heterocycles. The third kappa shape index (κ3) is 5.00. The highest BCUT2D eigenvalue weighted by atomic mass is 35.5. The van der Waals surface area contributed by atoms with Crippen LogP contribution in [0.5, 0.6) is 0 Å². The molecule has 1 heterocycles. The van der Waals surface area contributed by atoms with Crippen molar-refractivity contribution in [2.24, 2.45) is 0 Å². The van der Waals surface area contributed by atoms with Crippen molar-refractivity contribution in [3.05, 3.63) is 120 Å². The van der Waals surface area contributed by atoms with Crippen molar-refractivity contribution < 1.29 is 24.2 Å². The van der Waals surface area contributed by atoms with Crippen LogP contribution in [0.3, 0.4) is 0 Å². The van der Waals surface area contributed by atoms with Crippen molar-refractivity contribution >= 4 is 29.3 Å². The minimum absolute atomic E-state index is 0.127. The van der Waals surface area contributed by atoms with Gasteiger partial charge in [0.2, 0.25) is 5.91 Å². The fourth-order valence-corrected chi connectivity index (χ4v) is 5.12. The van der Waals surface area contributed by atoms with E-state index in [1.807, 2.05) is 91.0 Å². The molecular weight excluding hydrogens is 504 g/mol. The number of aliphatic hydroxyl groups excluding tert-OH is 1. The molecule has 1 aliphatic rings. The largest absolute Gasteiger partial charge is 0.460 e. The van der Waals surface area contributed by atoms with Gasteiger partial charge in [0.05, 0.1) is 24.1 Å². The van der Waals surface area contributed by atoms with Crippen LogP contribution in [0.4, 0.5) is 0 Å². The maximum atomic E-state index is 13.7. The first-order chi connectivity index (χ1) is 18.5. The Labute approximate surface area is 226 Å². The fourth-order valence-electron chi connectivity index (χ4n) is 4.98. The van der Waals surface area contributed by atoms with Crippen LogP contribution in [-0.4, -0.2) is 64.9 Å². The van der Waals surface area contributed by atoms with E-state index in [2.05, 4.69) is 11.9 Å². The molecule has 0 aromatic heterocycles. The molecule has 1 unspecified atom stereocenters. The Kier molecular flexibility index (Phi) is 8.73. The molecule has 8 heteroatoms. The second-order valence-electron chi connectivity index (χ2n) is 8.89. The van der Waals surface area contributed by atoms with E-state index in [1.165, 1.54) is 6.08 Å². The number of carbonyl (C=O) groups excluding carboxylic acids is 3. The van der Waals surface area contributed by atoms with E-state index in [9.17, 15) is 19.5 Å². The Bertz CT molecular complexity index is 1170. The minimum atomic E-state index is -1.56. The zero-order valence-electron chi connectivity index (χ0n) is 20.7. The monoisotopic (exact) mass is 532 g/mol. The summed E-state index contributed by atoms with van der Waals surface area (Å²) in [7, 11) is 0. The van der Waals surface area contributed by atoms with Gasteiger partial charge in [0.1, 0.15) is 12.6 Å². The molecule has 4 rings (SSSR count). The predicted octanol–water partition coefficient (Wildman–Crippen LogP) is 3.05. The molecule has 3 atom stereocenters. The number of halogens is 1. The van der Waals surface area contributed by atoms with E-state index in [0.717, 1.165) is 21.6 Å². The number of amides is 1. The molecule has 1 aliphatic heterocycles. The summed E-state index contributed by atoms with van der Waals surface area (Å²) in [5.74, 6) is -2.61. The number of aliphatic hydroxyl groups is 1. The van der Waals surface area contributed by atoms with Crippen molar-refractivity contribution in [2.45, 2.75) is 23.7 Å². The normalized spacial score (nSPS) is 17.8. The fraction of sp³-hybridized carbons (Fsp3) is 0.233. The van der Waals surface area contributed by atoms with Gasteiger partial charge < -0.3 is 14.7 Å². The Morgan fingerprint density at radius 3 is 1.84 bits per heavy atom. The number of likely N-dealkylation sites (tertiary alicyclic amines) is 1. The van der Waals surface area contributed by atoms with Crippen LogP contribution in [-0.2, 0) is 24.7 Å². The Morgan fingerprint density at radius 2 is 1.45 bits per heavy atom. The van der Waals surface area contributed by atoms with Crippen molar-refractivity contribution in [3.63, 3.8) is 0 Å². The third-order valence-electron chi connectivity index (χ3n) is 6.72. The van der Waals surface area contributed by atoms with Crippen molar-refractivity contribution in [2.75, 3.05) is 19.1 Å². The number of carbonyl (C=O) groups is 3. The van der Waals surface area contributed by atoms with E-state index in [-0.39, 0.29) is 6.61 Å². The topological polar surface area (TPSA) is 95.9 Å². The number of rotatable bonds is 12. The van der Waals surface area contributed by atoms with Gasteiger partial charge in [-0.3, -0.25) is 14.9 Å². The first-order valence-corrected chi connectivity index (χ1v) is 12.8. The Hall–Kier alpha value is -3.78. The molecule has 0 aliphatic carbocycles. The average Bonchev–Trinajstić information content (AvgIpc) is 2.98. The lowest BCUT2D eigenvalue weighted by atomic mass is 9.75. The van der Waals surface area contributed by atoms with Gasteiger partial charge in [-0.05, 0) is 16.7 Å². The zero-order valence-corrected chi connectivity index (χ0v) is 21.5. The first kappa shape index (κ1) is 27.3. The first-order valence-electron chi connectivity index (χ1n) is 12.2. The smallest absolute Gasteiger partial charge is 0.337 e. The standard InChI is InChI=1S/C30H29ClN2O5/c1-2-18-38-29(37)27(25(35)19-31)33-24(20-34)26(28(33)36)32-30(21-12-6-3-7-13-21,22-14-8-4-9-15-22)23-16-10-5-11-17-23/h2-17,24,26-27,32,34H,1,18-20H2/t24-,26+,27?/m1/s1. The number of benzene rings is 3. The Morgan fingerprint density at radius 1 is 0.974 bits per heavy atom. The van der Waals surface area contributed by atoms with Gasteiger partial charge in [-0.25, -0.2) is 4.79 Å². The number of ether oxygens (including phenoxy) is 1. The summed E-state index contributed by atoms with van der Waals surface area (Å²) in [6.07, 6.45) is 1.36. The van der Waals surface area contributed by atoms with Crippen LogP contribution >= 0.6 is 11.6 Å². The maximum Gasteiger partial charge on any atom is 0.337 e. The predicted molar refractivity (Wildman–Crippen MR) is 145 cm³/mol. The van der Waals surface area contributed by atoms with Gasteiger partial charge in [-0.2, -0.15) is 0 Å². The highest BCUT2D eigenvalue weighted by Crippen LogP contribution is 2.39. The molecule has 0 saturated carbocycles. The molecule has 1 amide bonds. The molecule has 3 aromatic carbocycles. The lowest BCUT2D eigenvalue weighted by Crippen LogP contribution is -2.77. The van der Waals surface area contributed by atoms with E-state index in [4.69, 9.17) is 16.3 Å². The number of alkyl halides is 1. The second-order valence-corrected chi connectivity index (χ2v) is 9.15. The van der Waals surface area contributed by atoms with Gasteiger partial charge in [-0.15, -0.1) is 11.6 Å². The van der Waals surface area contributed by atoms with Gasteiger partial charge in [0, 0.05) is 0 Å². The van der Waals surface area contributed by atoms with Crippen LogP contribution in [0.25, 0.3) is 0 Å². The SMILES string of the molecule is C=CCOC(=O)C(C(=O)CCl)N1C(=O)[C@@H](NC(c2ccccc2)(c2ccccc2)c2ccccc2)[C@H]1CO. The highest BCUT2D eigenvalue weighted by Gasteiger charge is 2.56. The number of β-lactam (4-membered cyclic amide) rings is 1. The number of esters is 1. The van der Waals surface area contributed by atoms with Gasteiger partial charge in [0.25, 0.3) is 0 Å². The molecule has 1 fully saturated rings. The molecule has 0 bridgehead atoms. The van der Waals surface area contributed by atoms with E-state index in [1.54, 1.807) is 0 Å². The van der Waals surface area contributed by atoms with Crippen LogP contribution in [0.2, 0.25) is 0 Å². The molecule has 0 radical (unpaired) electrons. The summed E-state index contributed by atoms with van der Waals surface area (Å²) in [5, 5.41) is 13.9. The summed E-state index contributed by atoms with van der Waals surface area (Å²) < 4.78 is 5.09. The molecular formula is C30H29ClN2O5. The molecule has 2 N–H and O–H groups in total. The van der Waals surface area contributed by atoms with Crippen LogP contribution in [0.1, 0.15) is 16.7 Å². The average molecular weight is 533 g/mol. The summed E-state index contributed by atoms with van der Waals surface area (Å²) in [6, 6.07) is 25.7. The van der Waals surface area contributed by atoms with Crippen molar-refractivity contribution in [1.29, 1.82) is 0 Å². The van der Waals surface area contributed by atoms with Crippen LogP contribution in [0.15, 0.2) is 104 Å². The minimum Gasteiger partial charge on any atom is -0.460 e. The zero-order chi connectivity index (χ0) is 27.1. The summed E-state index contributed by atoms with van der Waals surface area (Å²) >= 11 is 5.78. The maximum absolute atomic E-state index is 13.7. The van der Waals surface area contributed by atoms with Crippen molar-refractivity contribution in [3.8, 4) is 0 Å². The lowest BCUT2D eigenvalue weighted by Gasteiger charge is -2.52. The number of nitrogens with one attached hydrogen (secondary N) is 1. The van der Waals surface area contributed by atoms with Crippen LogP contribution < -0.4 is 5.32 Å². The van der Waals surface area contributed by atoms with Gasteiger partial charge in [-0.1, -0.05) is 104 Å². The lowest BCUT2D eigenvalue weighted by molar-refractivity contribution is -0.173. The van der Waals surface area contributed by atoms with E-state index in [0.29, 0.717) is 0 Å². The molecule has 0 spiro atoms. The Balaban J connectivity index is 1.80. The quantitative estimate of drug-likeness (QED) is 0.0929. The molecule has 3 aromatic rings. The number of hydrogen-bond donors (Lipinski definition) is 2. The number of nitrogens with zero attached hydrogens (tertiary/aromatic N) is 1. The number of ketones is 1. The molecule has 7 nitrogen and oxygen atoms in total. The summed E-state index contributed by atoms with van der Waals surface area (Å²) in [4.78, 5) is 40.2. The van der Waals surface area contributed by atoms with E-state index >= 15 is 0 Å².